The van der Waals surface area contributed by atoms with Gasteiger partial charge in [-0.05, 0) is 37.3 Å². The van der Waals surface area contributed by atoms with E-state index in [0.717, 1.165) is 17.6 Å². The second-order valence-corrected chi connectivity index (χ2v) is 7.78. The first-order valence-electron chi connectivity index (χ1n) is 9.62. The third-order valence-electron chi connectivity index (χ3n) is 5.76. The van der Waals surface area contributed by atoms with Crippen LogP contribution in [0.15, 0.2) is 47.6 Å². The van der Waals surface area contributed by atoms with Gasteiger partial charge in [0.05, 0.1) is 18.1 Å². The van der Waals surface area contributed by atoms with Crippen molar-refractivity contribution in [1.82, 2.24) is 0 Å². The van der Waals surface area contributed by atoms with Crippen LogP contribution in [0.25, 0.3) is 0 Å². The van der Waals surface area contributed by atoms with E-state index in [1.54, 1.807) is 0 Å². The lowest BCUT2D eigenvalue weighted by molar-refractivity contribution is -0.148. The molecule has 2 fully saturated rings. The van der Waals surface area contributed by atoms with Crippen LogP contribution in [0.2, 0.25) is 0 Å². The molecule has 0 aromatic carbocycles. The average Bonchev–Trinajstić information content (AvgIpc) is 3.39. The number of hydrogen-bond donors (Lipinski definition) is 1. The molecule has 0 aromatic rings. The molecule has 3 rings (SSSR count). The van der Waals surface area contributed by atoms with Crippen LogP contribution in [-0.2, 0) is 28.6 Å². The summed E-state index contributed by atoms with van der Waals surface area (Å²) in [6.07, 6.45) is 3.34. The van der Waals surface area contributed by atoms with Crippen LogP contribution < -0.4 is 0 Å². The highest BCUT2D eigenvalue weighted by atomic mass is 16.6. The molecule has 29 heavy (non-hydrogen) atoms. The molecule has 156 valence electrons. The molecule has 0 aromatic heterocycles. The van der Waals surface area contributed by atoms with Gasteiger partial charge in [0.25, 0.3) is 0 Å². The van der Waals surface area contributed by atoms with E-state index in [0.29, 0.717) is 18.3 Å². The van der Waals surface area contributed by atoms with Gasteiger partial charge in [0, 0.05) is 18.9 Å². The second kappa shape index (κ2) is 8.37. The minimum atomic E-state index is -0.740. The monoisotopic (exact) mass is 402 g/mol. The van der Waals surface area contributed by atoms with E-state index < -0.39 is 42.6 Å². The van der Waals surface area contributed by atoms with E-state index in [1.165, 1.54) is 13.0 Å². The number of ether oxygens (including phenoxy) is 3. The highest BCUT2D eigenvalue weighted by Gasteiger charge is 2.49. The zero-order valence-corrected chi connectivity index (χ0v) is 16.7. The highest BCUT2D eigenvalue weighted by Crippen LogP contribution is 2.52. The first-order chi connectivity index (χ1) is 13.7. The number of esters is 3. The van der Waals surface area contributed by atoms with Crippen molar-refractivity contribution in [1.29, 1.82) is 0 Å². The largest absolute Gasteiger partial charge is 0.462 e. The number of hydrogen-bond acceptors (Lipinski definition) is 7. The van der Waals surface area contributed by atoms with Crippen LogP contribution in [0.1, 0.15) is 26.7 Å². The molecule has 2 aliphatic carbocycles. The van der Waals surface area contributed by atoms with Gasteiger partial charge in [0.15, 0.2) is 0 Å². The van der Waals surface area contributed by atoms with Gasteiger partial charge in [-0.25, -0.2) is 9.59 Å². The summed E-state index contributed by atoms with van der Waals surface area (Å²) in [6.45, 7) is 10.6. The Kier molecular flexibility index (Phi) is 6.07. The Morgan fingerprint density at radius 1 is 1.34 bits per heavy atom. The molecule has 7 nitrogen and oxygen atoms in total. The molecule has 1 saturated heterocycles. The molecule has 0 unspecified atom stereocenters. The van der Waals surface area contributed by atoms with Crippen molar-refractivity contribution in [2.24, 2.45) is 17.8 Å². The number of aliphatic hydroxyl groups is 1. The van der Waals surface area contributed by atoms with Gasteiger partial charge in [0.2, 0.25) is 0 Å². The Morgan fingerprint density at radius 3 is 2.72 bits per heavy atom. The number of carbonyl (C=O) groups excluding carboxylic acids is 3. The van der Waals surface area contributed by atoms with E-state index in [9.17, 15) is 19.5 Å². The maximum absolute atomic E-state index is 12.7. The molecule has 5 atom stereocenters. The van der Waals surface area contributed by atoms with Crippen LogP contribution in [-0.4, -0.2) is 48.4 Å². The van der Waals surface area contributed by atoms with E-state index in [2.05, 4.69) is 13.2 Å². The number of carbonyl (C=O) groups is 3. The van der Waals surface area contributed by atoms with Gasteiger partial charge < -0.3 is 19.3 Å². The summed E-state index contributed by atoms with van der Waals surface area (Å²) < 4.78 is 16.0. The summed E-state index contributed by atoms with van der Waals surface area (Å²) in [4.78, 5) is 35.7. The summed E-state index contributed by atoms with van der Waals surface area (Å²) in [5, 5.41) is 9.52. The van der Waals surface area contributed by atoms with Gasteiger partial charge in [0.1, 0.15) is 18.8 Å². The summed E-state index contributed by atoms with van der Waals surface area (Å²) in [5.41, 5.74) is 2.33. The first kappa shape index (κ1) is 21.0. The number of allylic oxidation sites excluding steroid dienone is 1. The van der Waals surface area contributed by atoms with E-state index in [-0.39, 0.29) is 17.8 Å². The molecule has 0 spiro atoms. The van der Waals surface area contributed by atoms with Gasteiger partial charge in [-0.1, -0.05) is 24.3 Å². The minimum Gasteiger partial charge on any atom is -0.462 e. The quantitative estimate of drug-likeness (QED) is 0.325. The molecule has 7 heteroatoms. The molecule has 1 aliphatic heterocycles. The number of rotatable bonds is 5. The smallest absolute Gasteiger partial charge is 0.336 e. The molecular weight excluding hydrogens is 376 g/mol. The normalized spacial score (nSPS) is 33.2. The van der Waals surface area contributed by atoms with Gasteiger partial charge >= 0.3 is 17.9 Å². The highest BCUT2D eigenvalue weighted by molar-refractivity contribution is 5.92. The van der Waals surface area contributed by atoms with Crippen LogP contribution in [0, 0.1) is 17.8 Å². The van der Waals surface area contributed by atoms with Crippen molar-refractivity contribution in [3.8, 4) is 0 Å². The third kappa shape index (κ3) is 4.50. The van der Waals surface area contributed by atoms with Crippen LogP contribution >= 0.6 is 0 Å². The van der Waals surface area contributed by atoms with Gasteiger partial charge in [-0.3, -0.25) is 4.79 Å². The molecule has 0 radical (unpaired) electrons. The molecule has 3 aliphatic rings. The predicted molar refractivity (Wildman–Crippen MR) is 103 cm³/mol. The molecule has 0 bridgehead atoms. The zero-order valence-electron chi connectivity index (χ0n) is 16.7. The lowest BCUT2D eigenvalue weighted by Crippen LogP contribution is -2.34. The molecule has 1 N–H and O–H groups in total. The summed E-state index contributed by atoms with van der Waals surface area (Å²) in [7, 11) is 0. The molecule has 0 amide bonds. The van der Waals surface area contributed by atoms with Crippen molar-refractivity contribution in [2.45, 2.75) is 38.9 Å². The Hall–Kier alpha value is -2.67. The fraction of sp³-hybridized carbons (Fsp3) is 0.500. The van der Waals surface area contributed by atoms with Crippen LogP contribution in [0.4, 0.5) is 0 Å². The average molecular weight is 402 g/mol. The second-order valence-electron chi connectivity index (χ2n) is 7.78. The fourth-order valence-corrected chi connectivity index (χ4v) is 4.05. The maximum Gasteiger partial charge on any atom is 0.336 e. The molecular formula is C22H26O7. The van der Waals surface area contributed by atoms with Crippen molar-refractivity contribution >= 4 is 17.9 Å². The first-order valence-corrected chi connectivity index (χ1v) is 9.62. The Morgan fingerprint density at radius 2 is 2.07 bits per heavy atom. The number of fused-ring (bicyclic) bond motifs is 2. The van der Waals surface area contributed by atoms with Crippen molar-refractivity contribution < 1.29 is 33.7 Å². The van der Waals surface area contributed by atoms with Crippen molar-refractivity contribution in [3.05, 3.63) is 47.6 Å². The SMILES string of the molecule is C=C1C(=O)O[C@@H]2/C=C(/C)[C@H]3C[C@H]3C(=C)C[C@@H](OC(=O)/C(=C/COC(C)=O)CO)[C@@H]12. The van der Waals surface area contributed by atoms with Crippen molar-refractivity contribution in [3.63, 3.8) is 0 Å². The third-order valence-corrected chi connectivity index (χ3v) is 5.76. The van der Waals surface area contributed by atoms with Gasteiger partial charge in [-0.15, -0.1) is 0 Å². The molecule has 1 saturated carbocycles. The lowest BCUT2D eigenvalue weighted by atomic mass is 9.87. The van der Waals surface area contributed by atoms with E-state index >= 15 is 0 Å². The minimum absolute atomic E-state index is 0.0276. The number of aliphatic hydroxyl groups excluding tert-OH is 1. The summed E-state index contributed by atoms with van der Waals surface area (Å²) >= 11 is 0. The summed E-state index contributed by atoms with van der Waals surface area (Å²) in [5.74, 6) is -1.56. The van der Waals surface area contributed by atoms with Crippen LogP contribution in [0.5, 0.6) is 0 Å². The Balaban J connectivity index is 1.84. The van der Waals surface area contributed by atoms with Gasteiger partial charge in [-0.2, -0.15) is 0 Å². The topological polar surface area (TPSA) is 99.1 Å². The lowest BCUT2D eigenvalue weighted by Gasteiger charge is -2.26. The summed E-state index contributed by atoms with van der Waals surface area (Å²) in [6, 6.07) is 0. The maximum atomic E-state index is 12.7. The van der Waals surface area contributed by atoms with E-state index in [1.807, 2.05) is 13.0 Å². The standard InChI is InChI=1S/C22H26O7/c1-11-7-18-20(13(3)21(25)28-18)19(8-12(2)17-9-16(11)17)29-22(26)15(10-23)5-6-27-14(4)24/h5,7,16-20,23H,2-3,6,8-10H2,1,4H3/b11-7-,15-5+/t16-,17+,18-,19-,20+/m1/s1. The van der Waals surface area contributed by atoms with Crippen molar-refractivity contribution in [2.75, 3.05) is 13.2 Å². The van der Waals surface area contributed by atoms with E-state index in [4.69, 9.17) is 14.2 Å². The Labute approximate surface area is 169 Å². The predicted octanol–water partition coefficient (Wildman–Crippen LogP) is 2.02. The molecule has 1 heterocycles. The zero-order chi connectivity index (χ0) is 21.3. The fourth-order valence-electron chi connectivity index (χ4n) is 4.05. The Bertz CT molecular complexity index is 819. The van der Waals surface area contributed by atoms with Crippen LogP contribution in [0.3, 0.4) is 0 Å².